The SMILES string of the molecule is CN(Cc1csc2ccccc12)C(=O)C1CC(=O)N(c2ccc3c(c2)OCCO3)C1. The second-order valence-electron chi connectivity index (χ2n) is 7.68. The van der Waals surface area contributed by atoms with Crippen LogP contribution in [-0.2, 0) is 16.1 Å². The van der Waals surface area contributed by atoms with Crippen LogP contribution in [0, 0.1) is 5.92 Å². The number of thiophene rings is 1. The number of benzene rings is 2. The lowest BCUT2D eigenvalue weighted by atomic mass is 10.1. The molecule has 2 aliphatic heterocycles. The first-order valence-corrected chi connectivity index (χ1v) is 10.9. The van der Waals surface area contributed by atoms with E-state index < -0.39 is 0 Å². The lowest BCUT2D eigenvalue weighted by molar-refractivity contribution is -0.135. The van der Waals surface area contributed by atoms with Crippen molar-refractivity contribution in [2.45, 2.75) is 13.0 Å². The van der Waals surface area contributed by atoms with E-state index in [2.05, 4.69) is 17.5 Å². The lowest BCUT2D eigenvalue weighted by Crippen LogP contribution is -2.34. The number of hydrogen-bond donors (Lipinski definition) is 0. The maximum Gasteiger partial charge on any atom is 0.228 e. The number of nitrogens with zero attached hydrogens (tertiary/aromatic N) is 2. The maximum absolute atomic E-state index is 13.1. The minimum Gasteiger partial charge on any atom is -0.486 e. The second-order valence-corrected chi connectivity index (χ2v) is 8.60. The molecule has 0 N–H and O–H groups in total. The summed E-state index contributed by atoms with van der Waals surface area (Å²) < 4.78 is 12.4. The summed E-state index contributed by atoms with van der Waals surface area (Å²) in [4.78, 5) is 29.1. The van der Waals surface area contributed by atoms with Crippen LogP contribution in [0.4, 0.5) is 5.69 Å². The molecule has 7 heteroatoms. The van der Waals surface area contributed by atoms with Crippen LogP contribution in [-0.4, -0.2) is 43.5 Å². The summed E-state index contributed by atoms with van der Waals surface area (Å²) >= 11 is 1.69. The summed E-state index contributed by atoms with van der Waals surface area (Å²) in [5.41, 5.74) is 1.88. The van der Waals surface area contributed by atoms with E-state index in [4.69, 9.17) is 9.47 Å². The Morgan fingerprint density at radius 3 is 2.83 bits per heavy atom. The van der Waals surface area contributed by atoms with Crippen LogP contribution in [0.5, 0.6) is 11.5 Å². The Labute approximate surface area is 178 Å². The quantitative estimate of drug-likeness (QED) is 0.644. The first kappa shape index (κ1) is 18.9. The Kier molecular flexibility index (Phi) is 4.83. The van der Waals surface area contributed by atoms with Gasteiger partial charge < -0.3 is 19.3 Å². The molecule has 1 fully saturated rings. The van der Waals surface area contributed by atoms with Gasteiger partial charge in [0, 0.05) is 43.0 Å². The molecule has 3 aromatic rings. The van der Waals surface area contributed by atoms with Gasteiger partial charge in [-0.25, -0.2) is 0 Å². The molecule has 2 amide bonds. The Balaban J connectivity index is 1.29. The molecular weight excluding hydrogens is 400 g/mol. The molecule has 1 saturated heterocycles. The fourth-order valence-electron chi connectivity index (χ4n) is 4.12. The molecule has 0 bridgehead atoms. The molecule has 0 spiro atoms. The fourth-order valence-corrected chi connectivity index (χ4v) is 5.08. The molecule has 1 aromatic heterocycles. The average molecular weight is 423 g/mol. The number of carbonyl (C=O) groups excluding carboxylic acids is 2. The third kappa shape index (κ3) is 3.39. The number of ether oxygens (including phenoxy) is 2. The Morgan fingerprint density at radius 2 is 1.97 bits per heavy atom. The summed E-state index contributed by atoms with van der Waals surface area (Å²) in [5, 5.41) is 3.29. The Hall–Kier alpha value is -3.06. The normalized spacial score (nSPS) is 18.1. The van der Waals surface area contributed by atoms with Gasteiger partial charge in [0.05, 0.1) is 5.92 Å². The molecule has 2 aromatic carbocycles. The summed E-state index contributed by atoms with van der Waals surface area (Å²) in [7, 11) is 1.81. The average Bonchev–Trinajstić information content (AvgIpc) is 3.36. The van der Waals surface area contributed by atoms with E-state index in [1.54, 1.807) is 21.1 Å². The zero-order chi connectivity index (χ0) is 20.7. The van der Waals surface area contributed by atoms with Crippen molar-refractivity contribution >= 4 is 38.9 Å². The first-order valence-electron chi connectivity index (χ1n) is 10.0. The van der Waals surface area contributed by atoms with Gasteiger partial charge in [0.1, 0.15) is 13.2 Å². The van der Waals surface area contributed by atoms with E-state index in [0.29, 0.717) is 37.8 Å². The Morgan fingerprint density at radius 1 is 1.17 bits per heavy atom. The molecule has 5 rings (SSSR count). The van der Waals surface area contributed by atoms with Crippen LogP contribution >= 0.6 is 11.3 Å². The number of hydrogen-bond acceptors (Lipinski definition) is 5. The summed E-state index contributed by atoms with van der Waals surface area (Å²) in [6, 6.07) is 13.7. The first-order chi connectivity index (χ1) is 14.6. The van der Waals surface area contributed by atoms with Crippen molar-refractivity contribution in [1.29, 1.82) is 0 Å². The molecule has 1 atom stereocenters. The van der Waals surface area contributed by atoms with Gasteiger partial charge in [-0.3, -0.25) is 9.59 Å². The van der Waals surface area contributed by atoms with Gasteiger partial charge in [-0.2, -0.15) is 0 Å². The van der Waals surface area contributed by atoms with Crippen LogP contribution in [0.15, 0.2) is 47.8 Å². The van der Waals surface area contributed by atoms with Crippen molar-refractivity contribution in [2.24, 2.45) is 5.92 Å². The summed E-state index contributed by atoms with van der Waals surface area (Å²) in [6.07, 6.45) is 0.224. The van der Waals surface area contributed by atoms with E-state index in [1.165, 1.54) is 10.1 Å². The van der Waals surface area contributed by atoms with E-state index in [1.807, 2.05) is 37.4 Å². The summed E-state index contributed by atoms with van der Waals surface area (Å²) in [6.45, 7) is 1.94. The number of rotatable bonds is 4. The van der Waals surface area contributed by atoms with E-state index in [0.717, 1.165) is 11.3 Å². The largest absolute Gasteiger partial charge is 0.486 e. The predicted octanol–water partition coefficient (Wildman–Crippen LogP) is 3.68. The molecule has 0 saturated carbocycles. The molecule has 1 unspecified atom stereocenters. The van der Waals surface area contributed by atoms with Gasteiger partial charge in [0.25, 0.3) is 0 Å². The molecule has 3 heterocycles. The van der Waals surface area contributed by atoms with Gasteiger partial charge in [-0.15, -0.1) is 11.3 Å². The Bertz CT molecular complexity index is 1130. The highest BCUT2D eigenvalue weighted by atomic mass is 32.1. The van der Waals surface area contributed by atoms with Crippen molar-refractivity contribution in [3.05, 3.63) is 53.4 Å². The zero-order valence-electron chi connectivity index (χ0n) is 16.7. The van der Waals surface area contributed by atoms with Crippen LogP contribution in [0.2, 0.25) is 0 Å². The molecule has 154 valence electrons. The van der Waals surface area contributed by atoms with Gasteiger partial charge >= 0.3 is 0 Å². The van der Waals surface area contributed by atoms with E-state index in [9.17, 15) is 9.59 Å². The highest BCUT2D eigenvalue weighted by molar-refractivity contribution is 7.17. The molecular formula is C23H22N2O4S. The van der Waals surface area contributed by atoms with Crippen molar-refractivity contribution in [3.63, 3.8) is 0 Å². The predicted molar refractivity (Wildman–Crippen MR) is 116 cm³/mol. The van der Waals surface area contributed by atoms with Crippen molar-refractivity contribution < 1.29 is 19.1 Å². The molecule has 0 radical (unpaired) electrons. The van der Waals surface area contributed by atoms with Gasteiger partial charge in [0.2, 0.25) is 11.8 Å². The monoisotopic (exact) mass is 422 g/mol. The number of fused-ring (bicyclic) bond motifs is 2. The van der Waals surface area contributed by atoms with Gasteiger partial charge in [-0.1, -0.05) is 18.2 Å². The van der Waals surface area contributed by atoms with Gasteiger partial charge in [-0.05, 0) is 34.5 Å². The zero-order valence-corrected chi connectivity index (χ0v) is 17.5. The lowest BCUT2D eigenvalue weighted by Gasteiger charge is -2.23. The molecule has 0 aliphatic carbocycles. The van der Waals surface area contributed by atoms with E-state index >= 15 is 0 Å². The third-order valence-corrected chi connectivity index (χ3v) is 6.67. The highest BCUT2D eigenvalue weighted by Gasteiger charge is 2.37. The van der Waals surface area contributed by atoms with E-state index in [-0.39, 0.29) is 24.2 Å². The number of carbonyl (C=O) groups is 2. The molecule has 6 nitrogen and oxygen atoms in total. The van der Waals surface area contributed by atoms with Crippen LogP contribution in [0.25, 0.3) is 10.1 Å². The van der Waals surface area contributed by atoms with Crippen LogP contribution < -0.4 is 14.4 Å². The minimum absolute atomic E-state index is 0.00123. The van der Waals surface area contributed by atoms with Crippen LogP contribution in [0.1, 0.15) is 12.0 Å². The van der Waals surface area contributed by atoms with Crippen molar-refractivity contribution in [2.75, 3.05) is 31.7 Å². The maximum atomic E-state index is 13.1. The standard InChI is InChI=1S/C23H22N2O4S/c1-24(12-16-14-30-21-5-3-2-4-18(16)21)23(27)15-10-22(26)25(13-15)17-6-7-19-20(11-17)29-9-8-28-19/h2-7,11,14-15H,8-10,12-13H2,1H3. The van der Waals surface area contributed by atoms with Gasteiger partial charge in [0.15, 0.2) is 11.5 Å². The van der Waals surface area contributed by atoms with Crippen LogP contribution in [0.3, 0.4) is 0 Å². The number of anilines is 1. The van der Waals surface area contributed by atoms with Crippen molar-refractivity contribution in [1.82, 2.24) is 4.90 Å². The smallest absolute Gasteiger partial charge is 0.228 e. The highest BCUT2D eigenvalue weighted by Crippen LogP contribution is 2.36. The van der Waals surface area contributed by atoms with Crippen molar-refractivity contribution in [3.8, 4) is 11.5 Å². The molecule has 2 aliphatic rings. The second kappa shape index (κ2) is 7.65. The fraction of sp³-hybridized carbons (Fsp3) is 0.304. The summed E-state index contributed by atoms with van der Waals surface area (Å²) in [5.74, 6) is 0.938. The topological polar surface area (TPSA) is 59.1 Å². The third-order valence-electron chi connectivity index (χ3n) is 5.66. The minimum atomic E-state index is -0.347. The molecule has 30 heavy (non-hydrogen) atoms. The number of amides is 2.